The van der Waals surface area contributed by atoms with E-state index in [1.165, 1.54) is 0 Å². The molecule has 2 aromatic carbocycles. The maximum Gasteiger partial charge on any atom is 0.122 e. The Morgan fingerprint density at radius 3 is 2.60 bits per heavy atom. The fourth-order valence-electron chi connectivity index (χ4n) is 1.95. The minimum atomic E-state index is -0.619. The first-order valence-electron chi connectivity index (χ1n) is 5.96. The van der Waals surface area contributed by atoms with Gasteiger partial charge in [0.2, 0.25) is 0 Å². The van der Waals surface area contributed by atoms with E-state index < -0.39 is 6.10 Å². The van der Waals surface area contributed by atoms with E-state index in [4.69, 9.17) is 16.3 Å². The van der Waals surface area contributed by atoms with Gasteiger partial charge in [-0.25, -0.2) is 0 Å². The zero-order chi connectivity index (χ0) is 14.7. The number of hydrogen-bond acceptors (Lipinski definition) is 2. The van der Waals surface area contributed by atoms with Crippen LogP contribution in [0.4, 0.5) is 0 Å². The van der Waals surface area contributed by atoms with Crippen molar-refractivity contribution in [2.45, 2.75) is 12.5 Å². The lowest BCUT2D eigenvalue weighted by Gasteiger charge is -2.15. The largest absolute Gasteiger partial charge is 0.496 e. The normalized spacial score (nSPS) is 12.2. The molecular formula is C15H13Br2ClO2. The summed E-state index contributed by atoms with van der Waals surface area (Å²) in [6.45, 7) is 0. The zero-order valence-electron chi connectivity index (χ0n) is 10.7. The van der Waals surface area contributed by atoms with E-state index in [-0.39, 0.29) is 0 Å². The smallest absolute Gasteiger partial charge is 0.122 e. The monoisotopic (exact) mass is 418 g/mol. The minimum absolute atomic E-state index is 0.469. The van der Waals surface area contributed by atoms with Crippen LogP contribution in [0.2, 0.25) is 5.02 Å². The van der Waals surface area contributed by atoms with Gasteiger partial charge in [0, 0.05) is 15.4 Å². The van der Waals surface area contributed by atoms with Gasteiger partial charge in [0.15, 0.2) is 0 Å². The van der Waals surface area contributed by atoms with E-state index in [0.717, 1.165) is 25.8 Å². The van der Waals surface area contributed by atoms with Crippen LogP contribution in [0.3, 0.4) is 0 Å². The summed E-state index contributed by atoms with van der Waals surface area (Å²) in [6, 6.07) is 11.2. The summed E-state index contributed by atoms with van der Waals surface area (Å²) in [6.07, 6.45) is -0.150. The van der Waals surface area contributed by atoms with Crippen LogP contribution >= 0.6 is 43.5 Å². The lowest BCUT2D eigenvalue weighted by molar-refractivity contribution is 0.177. The highest BCUT2D eigenvalue weighted by atomic mass is 79.9. The highest BCUT2D eigenvalue weighted by Gasteiger charge is 2.13. The highest BCUT2D eigenvalue weighted by molar-refractivity contribution is 9.10. The van der Waals surface area contributed by atoms with E-state index >= 15 is 0 Å². The average Bonchev–Trinajstić information content (AvgIpc) is 2.42. The average molecular weight is 421 g/mol. The number of aliphatic hydroxyl groups is 1. The number of halogens is 3. The molecule has 2 nitrogen and oxygen atoms in total. The van der Waals surface area contributed by atoms with Crippen LogP contribution in [-0.4, -0.2) is 12.2 Å². The van der Waals surface area contributed by atoms with Gasteiger partial charge in [-0.05, 0) is 57.4 Å². The summed E-state index contributed by atoms with van der Waals surface area (Å²) in [5.74, 6) is 0.764. The standard InChI is InChI=1S/C15H13Br2ClO2/c1-20-15-5-3-11(16)6-10(15)8-14(19)9-2-4-13(18)12(17)7-9/h2-7,14,19H,8H2,1H3. The number of rotatable bonds is 4. The molecule has 1 unspecified atom stereocenters. The van der Waals surface area contributed by atoms with E-state index in [0.29, 0.717) is 11.4 Å². The van der Waals surface area contributed by atoms with Crippen LogP contribution in [-0.2, 0) is 6.42 Å². The molecule has 0 aliphatic heterocycles. The fourth-order valence-corrected chi connectivity index (χ4v) is 2.88. The second-order valence-electron chi connectivity index (χ2n) is 4.35. The molecule has 0 aromatic heterocycles. The molecule has 2 rings (SSSR count). The first-order valence-corrected chi connectivity index (χ1v) is 7.93. The summed E-state index contributed by atoms with van der Waals surface area (Å²) < 4.78 is 7.05. The topological polar surface area (TPSA) is 29.5 Å². The molecule has 0 saturated carbocycles. The van der Waals surface area contributed by atoms with E-state index in [2.05, 4.69) is 31.9 Å². The van der Waals surface area contributed by atoms with Crippen molar-refractivity contribution in [2.75, 3.05) is 7.11 Å². The zero-order valence-corrected chi connectivity index (χ0v) is 14.7. The Kier molecular flexibility index (Phi) is 5.49. The van der Waals surface area contributed by atoms with Gasteiger partial charge in [-0.1, -0.05) is 33.6 Å². The third kappa shape index (κ3) is 3.76. The molecule has 0 bridgehead atoms. The van der Waals surface area contributed by atoms with Crippen LogP contribution in [0.25, 0.3) is 0 Å². The highest BCUT2D eigenvalue weighted by Crippen LogP contribution is 2.30. The predicted molar refractivity (Wildman–Crippen MR) is 88.5 cm³/mol. The quantitative estimate of drug-likeness (QED) is 0.741. The molecule has 1 atom stereocenters. The van der Waals surface area contributed by atoms with Crippen molar-refractivity contribution >= 4 is 43.5 Å². The second kappa shape index (κ2) is 6.94. The van der Waals surface area contributed by atoms with Crippen molar-refractivity contribution in [1.82, 2.24) is 0 Å². The van der Waals surface area contributed by atoms with Gasteiger partial charge < -0.3 is 9.84 Å². The Labute approximate surface area is 140 Å². The van der Waals surface area contributed by atoms with E-state index in [1.54, 1.807) is 13.2 Å². The first kappa shape index (κ1) is 15.8. The molecule has 0 heterocycles. The van der Waals surface area contributed by atoms with Crippen molar-refractivity contribution in [3.8, 4) is 5.75 Å². The molecule has 0 amide bonds. The summed E-state index contributed by atoms with van der Waals surface area (Å²) in [7, 11) is 1.62. The lowest BCUT2D eigenvalue weighted by Crippen LogP contribution is -2.03. The summed E-state index contributed by atoms with van der Waals surface area (Å²) in [5.41, 5.74) is 1.75. The predicted octanol–water partition coefficient (Wildman–Crippen LogP) is 5.15. The first-order chi connectivity index (χ1) is 9.51. The van der Waals surface area contributed by atoms with Gasteiger partial charge in [-0.3, -0.25) is 0 Å². The Bertz CT molecular complexity index is 617. The molecule has 0 spiro atoms. The molecule has 2 aromatic rings. The Morgan fingerprint density at radius 2 is 1.95 bits per heavy atom. The van der Waals surface area contributed by atoms with E-state index in [1.807, 2.05) is 30.3 Å². The molecule has 20 heavy (non-hydrogen) atoms. The van der Waals surface area contributed by atoms with Crippen molar-refractivity contribution in [3.05, 3.63) is 61.5 Å². The number of hydrogen-bond donors (Lipinski definition) is 1. The number of ether oxygens (including phenoxy) is 1. The van der Waals surface area contributed by atoms with Crippen LogP contribution in [0.1, 0.15) is 17.2 Å². The molecule has 0 fully saturated rings. The third-order valence-electron chi connectivity index (χ3n) is 2.98. The maximum absolute atomic E-state index is 10.4. The Balaban J connectivity index is 2.24. The van der Waals surface area contributed by atoms with Crippen molar-refractivity contribution in [1.29, 1.82) is 0 Å². The van der Waals surface area contributed by atoms with Gasteiger partial charge in [-0.2, -0.15) is 0 Å². The summed E-state index contributed by atoms with van der Waals surface area (Å²) in [4.78, 5) is 0. The summed E-state index contributed by atoms with van der Waals surface area (Å²) in [5, 5.41) is 11.0. The van der Waals surface area contributed by atoms with Gasteiger partial charge in [0.1, 0.15) is 5.75 Å². The van der Waals surface area contributed by atoms with Crippen molar-refractivity contribution in [3.63, 3.8) is 0 Å². The van der Waals surface area contributed by atoms with Gasteiger partial charge in [-0.15, -0.1) is 0 Å². The van der Waals surface area contributed by atoms with E-state index in [9.17, 15) is 5.11 Å². The van der Waals surface area contributed by atoms with Gasteiger partial charge >= 0.3 is 0 Å². The van der Waals surface area contributed by atoms with Crippen LogP contribution < -0.4 is 4.74 Å². The van der Waals surface area contributed by atoms with Crippen molar-refractivity contribution < 1.29 is 9.84 Å². The van der Waals surface area contributed by atoms with Crippen LogP contribution in [0.5, 0.6) is 5.75 Å². The molecule has 0 saturated heterocycles. The molecule has 5 heteroatoms. The maximum atomic E-state index is 10.4. The number of aliphatic hydroxyl groups excluding tert-OH is 1. The fraction of sp³-hybridized carbons (Fsp3) is 0.200. The lowest BCUT2D eigenvalue weighted by atomic mass is 10.0. The molecule has 0 aliphatic carbocycles. The Morgan fingerprint density at radius 1 is 1.20 bits per heavy atom. The summed E-state index contributed by atoms with van der Waals surface area (Å²) >= 11 is 12.8. The molecule has 0 radical (unpaired) electrons. The Hall–Kier alpha value is -0.550. The molecule has 1 N–H and O–H groups in total. The third-order valence-corrected chi connectivity index (χ3v) is 4.69. The second-order valence-corrected chi connectivity index (χ2v) is 6.53. The van der Waals surface area contributed by atoms with Gasteiger partial charge in [0.05, 0.1) is 18.2 Å². The molecule has 0 aliphatic rings. The SMILES string of the molecule is COc1ccc(Br)cc1CC(O)c1ccc(Cl)c(Br)c1. The number of benzene rings is 2. The van der Waals surface area contributed by atoms with Crippen molar-refractivity contribution in [2.24, 2.45) is 0 Å². The molecule has 106 valence electrons. The van der Waals surface area contributed by atoms with Crippen LogP contribution in [0, 0.1) is 0 Å². The number of methoxy groups -OCH3 is 1. The molecular weight excluding hydrogens is 407 g/mol. The van der Waals surface area contributed by atoms with Crippen LogP contribution in [0.15, 0.2) is 45.3 Å². The van der Waals surface area contributed by atoms with Gasteiger partial charge in [0.25, 0.3) is 0 Å². The minimum Gasteiger partial charge on any atom is -0.496 e.